The van der Waals surface area contributed by atoms with Gasteiger partial charge >= 0.3 is 0 Å². The zero-order valence-corrected chi connectivity index (χ0v) is 11.5. The highest BCUT2D eigenvalue weighted by molar-refractivity contribution is 7.89. The molecule has 0 fully saturated rings. The van der Waals surface area contributed by atoms with E-state index in [1.54, 1.807) is 18.9 Å². The summed E-state index contributed by atoms with van der Waals surface area (Å²) in [4.78, 5) is 11.6. The van der Waals surface area contributed by atoms with E-state index in [1.165, 1.54) is 6.07 Å². The summed E-state index contributed by atoms with van der Waals surface area (Å²) in [5.41, 5.74) is 0.769. The predicted octanol–water partition coefficient (Wildman–Crippen LogP) is 1.25. The minimum Gasteiger partial charge on any atom is -0.369 e. The van der Waals surface area contributed by atoms with Crippen LogP contribution in [0.25, 0.3) is 0 Å². The summed E-state index contributed by atoms with van der Waals surface area (Å²) >= 11 is 0. The standard InChI is InChI=1S/C11H15N3O4S/c1-8(2)7-13(3)10-6-9(14(15)16)4-5-11(10)19(12,17)18/h4-6H,1,7H2,2-3H3,(H2,12,17,18). The van der Waals surface area contributed by atoms with Crippen LogP contribution in [-0.4, -0.2) is 26.9 Å². The number of nitrogens with two attached hydrogens (primary N) is 1. The van der Waals surface area contributed by atoms with E-state index in [2.05, 4.69) is 6.58 Å². The van der Waals surface area contributed by atoms with Gasteiger partial charge in [-0.2, -0.15) is 0 Å². The van der Waals surface area contributed by atoms with Crippen molar-refractivity contribution < 1.29 is 13.3 Å². The molecule has 0 spiro atoms. The number of nitro benzene ring substituents is 1. The molecule has 0 saturated carbocycles. The molecule has 0 atom stereocenters. The average Bonchev–Trinajstić information content (AvgIpc) is 2.25. The lowest BCUT2D eigenvalue weighted by atomic mass is 10.2. The summed E-state index contributed by atoms with van der Waals surface area (Å²) in [6.07, 6.45) is 0. The van der Waals surface area contributed by atoms with Crippen molar-refractivity contribution in [2.75, 3.05) is 18.5 Å². The number of benzene rings is 1. The topological polar surface area (TPSA) is 107 Å². The van der Waals surface area contributed by atoms with Crippen LogP contribution in [0.3, 0.4) is 0 Å². The number of rotatable bonds is 5. The van der Waals surface area contributed by atoms with Crippen LogP contribution in [0, 0.1) is 10.1 Å². The van der Waals surface area contributed by atoms with Crippen molar-refractivity contribution in [2.24, 2.45) is 5.14 Å². The third kappa shape index (κ3) is 3.76. The van der Waals surface area contributed by atoms with Crippen LogP contribution in [0.2, 0.25) is 0 Å². The Morgan fingerprint density at radius 2 is 2.11 bits per heavy atom. The summed E-state index contributed by atoms with van der Waals surface area (Å²) in [5, 5.41) is 15.9. The highest BCUT2D eigenvalue weighted by Gasteiger charge is 2.20. The van der Waals surface area contributed by atoms with E-state index in [4.69, 9.17) is 5.14 Å². The summed E-state index contributed by atoms with van der Waals surface area (Å²) in [6, 6.07) is 3.43. The molecule has 0 saturated heterocycles. The first-order chi connectivity index (χ1) is 8.62. The lowest BCUT2D eigenvalue weighted by Gasteiger charge is -2.21. The summed E-state index contributed by atoms with van der Waals surface area (Å²) in [5.74, 6) is 0. The predicted molar refractivity (Wildman–Crippen MR) is 72.6 cm³/mol. The first kappa shape index (κ1) is 15.1. The lowest BCUT2D eigenvalue weighted by Crippen LogP contribution is -2.23. The molecule has 1 aromatic rings. The summed E-state index contributed by atoms with van der Waals surface area (Å²) in [6.45, 7) is 5.85. The van der Waals surface area contributed by atoms with Gasteiger partial charge in [0, 0.05) is 25.7 Å². The van der Waals surface area contributed by atoms with E-state index < -0.39 is 14.9 Å². The molecule has 2 N–H and O–H groups in total. The van der Waals surface area contributed by atoms with E-state index in [-0.39, 0.29) is 16.3 Å². The fraction of sp³-hybridized carbons (Fsp3) is 0.273. The Kier molecular flexibility index (Phi) is 4.28. The SMILES string of the molecule is C=C(C)CN(C)c1cc([N+](=O)[O-])ccc1S(N)(=O)=O. The summed E-state index contributed by atoms with van der Waals surface area (Å²) < 4.78 is 23.0. The van der Waals surface area contributed by atoms with Gasteiger partial charge in [0.05, 0.1) is 10.6 Å². The van der Waals surface area contributed by atoms with Crippen LogP contribution in [0.15, 0.2) is 35.2 Å². The first-order valence-electron chi connectivity index (χ1n) is 5.29. The Balaban J connectivity index is 3.42. The van der Waals surface area contributed by atoms with Crippen molar-refractivity contribution >= 4 is 21.4 Å². The van der Waals surface area contributed by atoms with Crippen molar-refractivity contribution in [3.05, 3.63) is 40.5 Å². The van der Waals surface area contributed by atoms with Crippen molar-refractivity contribution in [2.45, 2.75) is 11.8 Å². The Bertz CT molecular complexity index is 625. The van der Waals surface area contributed by atoms with Crippen molar-refractivity contribution in [3.8, 4) is 0 Å². The monoisotopic (exact) mass is 285 g/mol. The van der Waals surface area contributed by atoms with Gasteiger partial charge in [-0.1, -0.05) is 12.2 Å². The molecule has 0 heterocycles. The molecule has 0 aliphatic carbocycles. The van der Waals surface area contributed by atoms with Gasteiger partial charge in [0.15, 0.2) is 0 Å². The molecule has 1 rings (SSSR count). The van der Waals surface area contributed by atoms with Crippen molar-refractivity contribution in [3.63, 3.8) is 0 Å². The van der Waals surface area contributed by atoms with E-state index in [0.29, 0.717) is 6.54 Å². The van der Waals surface area contributed by atoms with Crippen molar-refractivity contribution in [1.29, 1.82) is 0 Å². The molecule has 0 aliphatic heterocycles. The molecule has 104 valence electrons. The number of nitrogens with zero attached hydrogens (tertiary/aromatic N) is 2. The highest BCUT2D eigenvalue weighted by Crippen LogP contribution is 2.28. The molecule has 0 bridgehead atoms. The normalized spacial score (nSPS) is 11.1. The molecule has 0 amide bonds. The minimum atomic E-state index is -3.95. The van der Waals surface area contributed by atoms with E-state index >= 15 is 0 Å². The number of sulfonamides is 1. The van der Waals surface area contributed by atoms with Gasteiger partial charge in [-0.05, 0) is 13.0 Å². The van der Waals surface area contributed by atoms with Crippen LogP contribution in [0.5, 0.6) is 0 Å². The first-order valence-corrected chi connectivity index (χ1v) is 6.84. The number of hydrogen-bond donors (Lipinski definition) is 1. The molecule has 0 aliphatic rings. The zero-order valence-electron chi connectivity index (χ0n) is 10.7. The van der Waals surface area contributed by atoms with Gasteiger partial charge in [-0.15, -0.1) is 0 Å². The number of likely N-dealkylation sites (N-methyl/N-ethyl adjacent to an activating group) is 1. The van der Waals surface area contributed by atoms with Gasteiger partial charge in [0.1, 0.15) is 4.90 Å². The van der Waals surface area contributed by atoms with Crippen LogP contribution in [0.4, 0.5) is 11.4 Å². The number of primary sulfonamides is 1. The third-order valence-corrected chi connectivity index (χ3v) is 3.34. The van der Waals surface area contributed by atoms with Gasteiger partial charge in [0.25, 0.3) is 5.69 Å². The van der Waals surface area contributed by atoms with Crippen molar-refractivity contribution in [1.82, 2.24) is 0 Å². The van der Waals surface area contributed by atoms with Crippen LogP contribution < -0.4 is 10.0 Å². The van der Waals surface area contributed by atoms with E-state index in [9.17, 15) is 18.5 Å². The Morgan fingerprint density at radius 3 is 2.53 bits per heavy atom. The molecule has 7 nitrogen and oxygen atoms in total. The van der Waals surface area contributed by atoms with Crippen LogP contribution in [-0.2, 0) is 10.0 Å². The Labute approximate surface area is 111 Å². The number of hydrogen-bond acceptors (Lipinski definition) is 5. The van der Waals surface area contributed by atoms with Crippen LogP contribution in [0.1, 0.15) is 6.92 Å². The van der Waals surface area contributed by atoms with Crippen LogP contribution >= 0.6 is 0 Å². The second-order valence-corrected chi connectivity index (χ2v) is 5.80. The second kappa shape index (κ2) is 5.37. The molecule has 0 radical (unpaired) electrons. The fourth-order valence-corrected chi connectivity index (χ4v) is 2.41. The molecule has 0 aromatic heterocycles. The van der Waals surface area contributed by atoms with Gasteiger partial charge in [-0.25, -0.2) is 13.6 Å². The smallest absolute Gasteiger partial charge is 0.271 e. The van der Waals surface area contributed by atoms with Gasteiger partial charge in [-0.3, -0.25) is 10.1 Å². The lowest BCUT2D eigenvalue weighted by molar-refractivity contribution is -0.384. The Morgan fingerprint density at radius 1 is 1.53 bits per heavy atom. The second-order valence-electron chi connectivity index (χ2n) is 4.27. The summed E-state index contributed by atoms with van der Waals surface area (Å²) in [7, 11) is -2.34. The largest absolute Gasteiger partial charge is 0.369 e. The average molecular weight is 285 g/mol. The maximum absolute atomic E-state index is 11.5. The Hall–Kier alpha value is -1.93. The minimum absolute atomic E-state index is 0.151. The quantitative estimate of drug-likeness (QED) is 0.498. The van der Waals surface area contributed by atoms with Gasteiger partial charge < -0.3 is 4.90 Å². The van der Waals surface area contributed by atoms with E-state index in [0.717, 1.165) is 17.7 Å². The number of anilines is 1. The molecular weight excluding hydrogens is 270 g/mol. The zero-order chi connectivity index (χ0) is 14.8. The molecule has 1 aromatic carbocycles. The number of nitro groups is 1. The molecule has 0 unspecified atom stereocenters. The molecular formula is C11H15N3O4S. The van der Waals surface area contributed by atoms with Gasteiger partial charge in [0.2, 0.25) is 10.0 Å². The number of non-ortho nitro benzene ring substituents is 1. The maximum Gasteiger partial charge on any atom is 0.271 e. The molecule has 19 heavy (non-hydrogen) atoms. The maximum atomic E-state index is 11.5. The molecule has 8 heteroatoms. The highest BCUT2D eigenvalue weighted by atomic mass is 32.2. The van der Waals surface area contributed by atoms with E-state index in [1.807, 2.05) is 0 Å². The fourth-order valence-electron chi connectivity index (χ4n) is 1.65. The third-order valence-electron chi connectivity index (χ3n) is 2.38.